The van der Waals surface area contributed by atoms with Crippen LogP contribution in [-0.2, 0) is 12.8 Å². The van der Waals surface area contributed by atoms with Crippen LogP contribution >= 0.6 is 0 Å². The molecule has 0 amide bonds. The Morgan fingerprint density at radius 1 is 1.23 bits per heavy atom. The Morgan fingerprint density at radius 3 is 2.59 bits per heavy atom. The van der Waals surface area contributed by atoms with Crippen molar-refractivity contribution >= 4 is 0 Å². The molecule has 0 saturated carbocycles. The van der Waals surface area contributed by atoms with Crippen molar-refractivity contribution in [1.29, 1.82) is 0 Å². The van der Waals surface area contributed by atoms with Crippen molar-refractivity contribution in [2.24, 2.45) is 0 Å². The number of fused-ring (bicyclic) bond motifs is 1. The molecule has 0 fully saturated rings. The molecule has 1 aromatic rings. The summed E-state index contributed by atoms with van der Waals surface area (Å²) in [6.07, 6.45) is -1.19. The van der Waals surface area contributed by atoms with Crippen LogP contribution in [0.3, 0.4) is 0 Å². The van der Waals surface area contributed by atoms with Gasteiger partial charge in [-0.25, -0.2) is 0 Å². The molecule has 5 heteroatoms. The van der Waals surface area contributed by atoms with Crippen LogP contribution in [0.2, 0.25) is 0 Å². The first-order chi connectivity index (χ1) is 10.3. The van der Waals surface area contributed by atoms with Crippen molar-refractivity contribution in [3.63, 3.8) is 0 Å². The van der Waals surface area contributed by atoms with Crippen LogP contribution < -0.4 is 10.1 Å². The molecule has 124 valence electrons. The van der Waals surface area contributed by atoms with Gasteiger partial charge in [0.2, 0.25) is 0 Å². The lowest BCUT2D eigenvalue weighted by molar-refractivity contribution is -0.722. The molecule has 0 saturated heterocycles. The zero-order valence-electron chi connectivity index (χ0n) is 13.6. The molecule has 2 rings (SSSR count). The van der Waals surface area contributed by atoms with Crippen LogP contribution in [0.5, 0.6) is 5.75 Å². The maximum atomic E-state index is 10.0. The molecule has 0 bridgehead atoms. The molecule has 1 aliphatic carbocycles. The van der Waals surface area contributed by atoms with E-state index in [9.17, 15) is 15.3 Å². The van der Waals surface area contributed by atoms with Crippen LogP contribution in [0.4, 0.5) is 0 Å². The fourth-order valence-electron chi connectivity index (χ4n) is 2.62. The highest BCUT2D eigenvalue weighted by Gasteiger charge is 2.27. The standard InChI is InChI=1S/C17H27NO4/c1-17(2,3)18-9-12(19)10-22-16-6-4-5-11-7-14(20)15(21)8-13(11)16/h4-6,12,14-15,18-21H,7-10H2,1-3H3/p+1/t12-,14-,15+/m1/s1. The minimum absolute atomic E-state index is 0.0765. The maximum Gasteiger partial charge on any atom is 0.137 e. The van der Waals surface area contributed by atoms with Gasteiger partial charge in [-0.2, -0.15) is 0 Å². The van der Waals surface area contributed by atoms with E-state index in [1.54, 1.807) is 0 Å². The Balaban J connectivity index is 1.95. The lowest BCUT2D eigenvalue weighted by atomic mass is 9.87. The van der Waals surface area contributed by atoms with Crippen molar-refractivity contribution in [1.82, 2.24) is 0 Å². The minimum Gasteiger partial charge on any atom is -0.490 e. The number of ether oxygens (including phenoxy) is 1. The topological polar surface area (TPSA) is 86.5 Å². The Morgan fingerprint density at radius 2 is 1.91 bits per heavy atom. The van der Waals surface area contributed by atoms with E-state index in [0.29, 0.717) is 25.1 Å². The van der Waals surface area contributed by atoms with Crippen LogP contribution in [-0.4, -0.2) is 52.3 Å². The summed E-state index contributed by atoms with van der Waals surface area (Å²) in [6, 6.07) is 5.68. The summed E-state index contributed by atoms with van der Waals surface area (Å²) in [5.74, 6) is 0.693. The Labute approximate surface area is 131 Å². The zero-order valence-corrected chi connectivity index (χ0v) is 13.6. The number of nitrogens with two attached hydrogens (primary N) is 1. The Kier molecular flexibility index (Phi) is 5.45. The van der Waals surface area contributed by atoms with Crippen molar-refractivity contribution < 1.29 is 25.4 Å². The van der Waals surface area contributed by atoms with E-state index in [-0.39, 0.29) is 12.1 Å². The third kappa shape index (κ3) is 4.68. The second-order valence-electron chi connectivity index (χ2n) is 7.21. The van der Waals surface area contributed by atoms with Crippen LogP contribution in [0.1, 0.15) is 31.9 Å². The van der Waals surface area contributed by atoms with Gasteiger partial charge >= 0.3 is 0 Å². The molecule has 0 heterocycles. The molecule has 0 spiro atoms. The van der Waals surface area contributed by atoms with Gasteiger partial charge in [-0.15, -0.1) is 0 Å². The lowest BCUT2D eigenvalue weighted by Crippen LogP contribution is -2.96. The molecule has 5 N–H and O–H groups in total. The van der Waals surface area contributed by atoms with Gasteiger partial charge in [-0.1, -0.05) is 12.1 Å². The molecule has 0 unspecified atom stereocenters. The van der Waals surface area contributed by atoms with E-state index >= 15 is 0 Å². The van der Waals surface area contributed by atoms with Gasteiger partial charge < -0.3 is 25.4 Å². The molecule has 5 nitrogen and oxygen atoms in total. The number of hydrogen-bond acceptors (Lipinski definition) is 4. The predicted octanol–water partition coefficient (Wildman–Crippen LogP) is -0.391. The summed E-state index contributed by atoms with van der Waals surface area (Å²) in [4.78, 5) is 0. The fourth-order valence-corrected chi connectivity index (χ4v) is 2.62. The maximum absolute atomic E-state index is 10.0. The second kappa shape index (κ2) is 6.96. The van der Waals surface area contributed by atoms with E-state index in [1.807, 2.05) is 18.2 Å². The molecular formula is C17H28NO4+. The summed E-state index contributed by atoms with van der Waals surface area (Å²) < 4.78 is 5.75. The highest BCUT2D eigenvalue weighted by atomic mass is 16.5. The normalized spacial score (nSPS) is 23.0. The van der Waals surface area contributed by atoms with Gasteiger partial charge in [0, 0.05) is 18.4 Å². The summed E-state index contributed by atoms with van der Waals surface area (Å²) in [5, 5.41) is 31.7. The largest absolute Gasteiger partial charge is 0.490 e. The monoisotopic (exact) mass is 310 g/mol. The third-order valence-corrected chi connectivity index (χ3v) is 3.95. The third-order valence-electron chi connectivity index (χ3n) is 3.95. The number of aliphatic hydroxyl groups is 3. The summed E-state index contributed by atoms with van der Waals surface area (Å²) >= 11 is 0. The van der Waals surface area contributed by atoms with Gasteiger partial charge in [-0.3, -0.25) is 0 Å². The van der Waals surface area contributed by atoms with Gasteiger partial charge in [0.25, 0.3) is 0 Å². The fraction of sp³-hybridized carbons (Fsp3) is 0.647. The van der Waals surface area contributed by atoms with Crippen LogP contribution in [0.15, 0.2) is 18.2 Å². The highest BCUT2D eigenvalue weighted by molar-refractivity contribution is 5.43. The molecule has 0 aliphatic heterocycles. The molecule has 1 aliphatic rings. The van der Waals surface area contributed by atoms with Gasteiger partial charge in [-0.05, 0) is 32.4 Å². The van der Waals surface area contributed by atoms with Gasteiger partial charge in [0.05, 0.1) is 17.7 Å². The first-order valence-corrected chi connectivity index (χ1v) is 7.88. The lowest BCUT2D eigenvalue weighted by Gasteiger charge is -2.27. The smallest absolute Gasteiger partial charge is 0.137 e. The second-order valence-corrected chi connectivity index (χ2v) is 7.21. The molecule has 3 atom stereocenters. The van der Waals surface area contributed by atoms with E-state index < -0.39 is 18.3 Å². The number of benzene rings is 1. The van der Waals surface area contributed by atoms with Crippen LogP contribution in [0.25, 0.3) is 0 Å². The molecule has 1 aromatic carbocycles. The zero-order chi connectivity index (χ0) is 16.3. The Bertz CT molecular complexity index is 498. The minimum atomic E-state index is -0.753. The molecule has 0 aromatic heterocycles. The predicted molar refractivity (Wildman–Crippen MR) is 83.9 cm³/mol. The van der Waals surface area contributed by atoms with Gasteiger partial charge in [0.1, 0.15) is 25.0 Å². The summed E-state index contributed by atoms with van der Waals surface area (Å²) in [6.45, 7) is 7.10. The SMILES string of the molecule is CC(C)(C)[NH2+]C[C@@H](O)COc1cccc2c1C[C@H](O)[C@H](O)C2. The number of aliphatic hydroxyl groups excluding tert-OH is 3. The van der Waals surface area contributed by atoms with Crippen molar-refractivity contribution in [3.05, 3.63) is 29.3 Å². The van der Waals surface area contributed by atoms with Crippen LogP contribution in [0, 0.1) is 0 Å². The molecule has 0 radical (unpaired) electrons. The number of rotatable bonds is 5. The first kappa shape index (κ1) is 17.2. The average Bonchev–Trinajstić information content (AvgIpc) is 2.43. The van der Waals surface area contributed by atoms with Crippen molar-refractivity contribution in [2.75, 3.05) is 13.2 Å². The van der Waals surface area contributed by atoms with E-state index in [4.69, 9.17) is 4.74 Å². The number of hydrogen-bond donors (Lipinski definition) is 4. The highest BCUT2D eigenvalue weighted by Crippen LogP contribution is 2.30. The Hall–Kier alpha value is -1.14. The average molecular weight is 310 g/mol. The van der Waals surface area contributed by atoms with E-state index in [2.05, 4.69) is 26.1 Å². The summed E-state index contributed by atoms with van der Waals surface area (Å²) in [5.41, 5.74) is 2.02. The van der Waals surface area contributed by atoms with Crippen molar-refractivity contribution in [2.45, 2.75) is 57.5 Å². The quantitative estimate of drug-likeness (QED) is 0.596. The summed E-state index contributed by atoms with van der Waals surface area (Å²) in [7, 11) is 0. The number of quaternary nitrogens is 1. The molecular weight excluding hydrogens is 282 g/mol. The van der Waals surface area contributed by atoms with Gasteiger partial charge in [0.15, 0.2) is 0 Å². The van der Waals surface area contributed by atoms with Crippen molar-refractivity contribution in [3.8, 4) is 5.75 Å². The van der Waals surface area contributed by atoms with E-state index in [0.717, 1.165) is 11.1 Å². The first-order valence-electron chi connectivity index (χ1n) is 7.88. The molecule has 22 heavy (non-hydrogen) atoms. The van der Waals surface area contributed by atoms with E-state index in [1.165, 1.54) is 0 Å².